The van der Waals surface area contributed by atoms with Crippen LogP contribution < -0.4 is 5.32 Å². The highest BCUT2D eigenvalue weighted by Gasteiger charge is 2.26. The van der Waals surface area contributed by atoms with Crippen molar-refractivity contribution in [3.05, 3.63) is 95.3 Å². The van der Waals surface area contributed by atoms with Gasteiger partial charge >= 0.3 is 0 Å². The normalized spacial score (nSPS) is 15.8. The van der Waals surface area contributed by atoms with Crippen molar-refractivity contribution in [2.45, 2.75) is 25.2 Å². The second-order valence-corrected chi connectivity index (χ2v) is 8.20. The number of nitrogens with one attached hydrogen (secondary N) is 1. The summed E-state index contributed by atoms with van der Waals surface area (Å²) in [5, 5.41) is 4.50. The SMILES string of the molecule is c1ccc(C2CCCc3sc(Nc4ccc(-c5ccncc5)cc4)nc32)cc1. The van der Waals surface area contributed by atoms with Crippen molar-refractivity contribution in [1.82, 2.24) is 9.97 Å². The molecule has 0 bridgehead atoms. The van der Waals surface area contributed by atoms with Crippen LogP contribution in [0.15, 0.2) is 79.1 Å². The number of benzene rings is 2. The molecule has 2 aromatic carbocycles. The molecule has 0 aliphatic heterocycles. The van der Waals surface area contributed by atoms with Crippen molar-refractivity contribution in [2.24, 2.45) is 0 Å². The van der Waals surface area contributed by atoms with Crippen molar-refractivity contribution >= 4 is 22.2 Å². The summed E-state index contributed by atoms with van der Waals surface area (Å²) in [6.07, 6.45) is 7.20. The van der Waals surface area contributed by atoms with Crippen molar-refractivity contribution in [2.75, 3.05) is 5.32 Å². The Bertz CT molecular complexity index is 1060. The largest absolute Gasteiger partial charge is 0.332 e. The summed E-state index contributed by atoms with van der Waals surface area (Å²) in [6, 6.07) is 23.3. The van der Waals surface area contributed by atoms with E-state index in [9.17, 15) is 0 Å². The number of nitrogens with zero attached hydrogens (tertiary/aromatic N) is 2. The molecule has 1 aliphatic rings. The van der Waals surface area contributed by atoms with Gasteiger partial charge < -0.3 is 5.32 Å². The molecule has 4 heteroatoms. The first-order chi connectivity index (χ1) is 13.9. The lowest BCUT2D eigenvalue weighted by Crippen LogP contribution is -2.09. The number of hydrogen-bond donors (Lipinski definition) is 1. The highest BCUT2D eigenvalue weighted by atomic mass is 32.1. The first-order valence-corrected chi connectivity index (χ1v) is 10.5. The standard InChI is InChI=1S/C24H21N3S/c1-2-5-19(6-3-1)21-7-4-8-22-23(21)27-24(28-22)26-20-11-9-17(10-12-20)18-13-15-25-16-14-18/h1-3,5-6,9-16,21H,4,7-8H2,(H,26,27). The van der Waals surface area contributed by atoms with Crippen molar-refractivity contribution in [3.8, 4) is 11.1 Å². The summed E-state index contributed by atoms with van der Waals surface area (Å²) >= 11 is 1.80. The molecule has 0 radical (unpaired) electrons. The lowest BCUT2D eigenvalue weighted by atomic mass is 9.85. The van der Waals surface area contributed by atoms with Gasteiger partial charge in [0.05, 0.1) is 5.69 Å². The van der Waals surface area contributed by atoms with Crippen LogP contribution in [-0.2, 0) is 6.42 Å². The van der Waals surface area contributed by atoms with E-state index >= 15 is 0 Å². The third-order valence-corrected chi connectivity index (χ3v) is 6.35. The molecular formula is C24H21N3S. The molecule has 28 heavy (non-hydrogen) atoms. The van der Waals surface area contributed by atoms with Gasteiger partial charge in [0, 0.05) is 28.9 Å². The van der Waals surface area contributed by atoms with Gasteiger partial charge in [0.25, 0.3) is 0 Å². The molecule has 1 N–H and O–H groups in total. The van der Waals surface area contributed by atoms with Gasteiger partial charge in [-0.2, -0.15) is 0 Å². The zero-order chi connectivity index (χ0) is 18.8. The maximum Gasteiger partial charge on any atom is 0.187 e. The van der Waals surface area contributed by atoms with Gasteiger partial charge in [-0.25, -0.2) is 4.98 Å². The summed E-state index contributed by atoms with van der Waals surface area (Å²) in [4.78, 5) is 10.5. The summed E-state index contributed by atoms with van der Waals surface area (Å²) in [7, 11) is 0. The second kappa shape index (κ2) is 7.56. The van der Waals surface area contributed by atoms with Crippen molar-refractivity contribution in [3.63, 3.8) is 0 Å². The Morgan fingerprint density at radius 3 is 2.39 bits per heavy atom. The molecule has 138 valence electrons. The Hall–Kier alpha value is -2.98. The van der Waals surface area contributed by atoms with Crippen molar-refractivity contribution in [1.29, 1.82) is 0 Å². The lowest BCUT2D eigenvalue weighted by Gasteiger charge is -2.21. The molecule has 3 nitrogen and oxygen atoms in total. The van der Waals surface area contributed by atoms with Crippen LogP contribution in [0.2, 0.25) is 0 Å². The molecule has 1 atom stereocenters. The van der Waals surface area contributed by atoms with Gasteiger partial charge in [-0.05, 0) is 60.2 Å². The number of pyridine rings is 1. The fraction of sp³-hybridized carbons (Fsp3) is 0.167. The fourth-order valence-corrected chi connectivity index (χ4v) is 4.98. The van der Waals surface area contributed by atoms with Crippen LogP contribution >= 0.6 is 11.3 Å². The van der Waals surface area contributed by atoms with E-state index in [0.29, 0.717) is 5.92 Å². The van der Waals surface area contributed by atoms with Gasteiger partial charge in [0.2, 0.25) is 0 Å². The highest BCUT2D eigenvalue weighted by Crippen LogP contribution is 2.40. The lowest BCUT2D eigenvalue weighted by molar-refractivity contribution is 0.610. The summed E-state index contributed by atoms with van der Waals surface area (Å²) in [5.74, 6) is 0.422. The fourth-order valence-electron chi connectivity index (χ4n) is 3.90. The molecule has 0 saturated heterocycles. The van der Waals surface area contributed by atoms with Crippen LogP contribution in [0.25, 0.3) is 11.1 Å². The molecule has 4 aromatic rings. The molecule has 0 fully saturated rings. The Morgan fingerprint density at radius 1 is 0.857 bits per heavy atom. The molecule has 2 heterocycles. The first kappa shape index (κ1) is 17.1. The Morgan fingerprint density at radius 2 is 1.61 bits per heavy atom. The summed E-state index contributed by atoms with van der Waals surface area (Å²) < 4.78 is 0. The average molecular weight is 384 g/mol. The predicted octanol–water partition coefficient (Wildman–Crippen LogP) is 6.42. The quantitative estimate of drug-likeness (QED) is 0.442. The molecule has 2 aromatic heterocycles. The van der Waals surface area contributed by atoms with E-state index in [1.54, 1.807) is 11.3 Å². The molecular weight excluding hydrogens is 362 g/mol. The van der Waals surface area contributed by atoms with Crippen LogP contribution in [0.5, 0.6) is 0 Å². The molecule has 1 aliphatic carbocycles. The van der Waals surface area contributed by atoms with Gasteiger partial charge in [0.1, 0.15) is 0 Å². The van der Waals surface area contributed by atoms with E-state index in [2.05, 4.69) is 64.9 Å². The van der Waals surface area contributed by atoms with Crippen LogP contribution in [0, 0.1) is 0 Å². The number of hydrogen-bond acceptors (Lipinski definition) is 4. The monoisotopic (exact) mass is 383 g/mol. The minimum Gasteiger partial charge on any atom is -0.332 e. The Labute approximate surface area is 169 Å². The number of anilines is 2. The number of aromatic nitrogens is 2. The maximum atomic E-state index is 4.98. The van der Waals surface area contributed by atoms with E-state index < -0.39 is 0 Å². The predicted molar refractivity (Wildman–Crippen MR) is 116 cm³/mol. The second-order valence-electron chi connectivity index (χ2n) is 7.12. The smallest absolute Gasteiger partial charge is 0.187 e. The van der Waals surface area contributed by atoms with E-state index in [0.717, 1.165) is 17.2 Å². The third kappa shape index (κ3) is 3.43. The van der Waals surface area contributed by atoms with Gasteiger partial charge in [-0.1, -0.05) is 42.5 Å². The van der Waals surface area contributed by atoms with Crippen LogP contribution in [0.3, 0.4) is 0 Å². The molecule has 0 saturated carbocycles. The Balaban J connectivity index is 1.38. The zero-order valence-corrected chi connectivity index (χ0v) is 16.3. The van der Waals surface area contributed by atoms with Crippen LogP contribution in [0.4, 0.5) is 10.8 Å². The van der Waals surface area contributed by atoms with E-state index in [1.165, 1.54) is 40.1 Å². The number of fused-ring (bicyclic) bond motifs is 1. The highest BCUT2D eigenvalue weighted by molar-refractivity contribution is 7.15. The third-order valence-electron chi connectivity index (χ3n) is 5.31. The Kier molecular flexibility index (Phi) is 4.63. The minimum atomic E-state index is 0.422. The van der Waals surface area contributed by atoms with Crippen LogP contribution in [0.1, 0.15) is 34.9 Å². The molecule has 1 unspecified atom stereocenters. The van der Waals surface area contributed by atoms with Gasteiger partial charge in [-0.15, -0.1) is 11.3 Å². The summed E-state index contributed by atoms with van der Waals surface area (Å²) in [5.41, 5.74) is 6.08. The maximum absolute atomic E-state index is 4.98. The van der Waals surface area contributed by atoms with E-state index in [4.69, 9.17) is 4.98 Å². The number of thiazole rings is 1. The van der Waals surface area contributed by atoms with E-state index in [1.807, 2.05) is 24.5 Å². The van der Waals surface area contributed by atoms with Gasteiger partial charge in [-0.3, -0.25) is 4.98 Å². The average Bonchev–Trinajstić information content (AvgIpc) is 3.18. The summed E-state index contributed by atoms with van der Waals surface area (Å²) in [6.45, 7) is 0. The number of rotatable bonds is 4. The number of aryl methyl sites for hydroxylation is 1. The van der Waals surface area contributed by atoms with Crippen LogP contribution in [-0.4, -0.2) is 9.97 Å². The minimum absolute atomic E-state index is 0.422. The van der Waals surface area contributed by atoms with E-state index in [-0.39, 0.29) is 0 Å². The first-order valence-electron chi connectivity index (χ1n) is 9.69. The topological polar surface area (TPSA) is 37.8 Å². The molecule has 0 spiro atoms. The molecule has 5 rings (SSSR count). The van der Waals surface area contributed by atoms with Gasteiger partial charge in [0.15, 0.2) is 5.13 Å². The zero-order valence-electron chi connectivity index (χ0n) is 15.5. The molecule has 0 amide bonds. The van der Waals surface area contributed by atoms with Crippen molar-refractivity contribution < 1.29 is 0 Å².